The van der Waals surface area contributed by atoms with Gasteiger partial charge in [-0.3, -0.25) is 4.79 Å². The van der Waals surface area contributed by atoms with Gasteiger partial charge in [-0.25, -0.2) is 0 Å². The molecule has 2 N–H and O–H groups in total. The summed E-state index contributed by atoms with van der Waals surface area (Å²) in [6.45, 7) is 3.68. The maximum Gasteiger partial charge on any atom is 0.223 e. The molecule has 1 atom stereocenters. The Labute approximate surface area is 110 Å². The van der Waals surface area contributed by atoms with Gasteiger partial charge in [0, 0.05) is 29.7 Å². The van der Waals surface area contributed by atoms with E-state index in [0.717, 1.165) is 28.7 Å². The number of carbonyl (C=O) groups is 1. The number of carbonyl (C=O) groups excluding carboxylic acids is 1. The molecular weight excluding hydrogens is 280 g/mol. The summed E-state index contributed by atoms with van der Waals surface area (Å²) in [6.07, 6.45) is 1.77. The number of amides is 1. The Bertz CT molecular complexity index is 413. The number of rotatable bonds is 3. The van der Waals surface area contributed by atoms with Gasteiger partial charge in [-0.1, -0.05) is 29.3 Å². The second kappa shape index (κ2) is 5.08. The molecule has 1 fully saturated rings. The van der Waals surface area contributed by atoms with Crippen molar-refractivity contribution in [2.24, 2.45) is 5.92 Å². The maximum atomic E-state index is 11.8. The van der Waals surface area contributed by atoms with E-state index >= 15 is 0 Å². The molecule has 0 bridgehead atoms. The number of hydrogen-bond donors (Lipinski definition) is 1. The molecular formula is C13H17BrN2O. The number of nitrogens with two attached hydrogens (primary N) is 1. The number of halogens is 1. The Balaban J connectivity index is 2.08. The Morgan fingerprint density at radius 1 is 1.47 bits per heavy atom. The van der Waals surface area contributed by atoms with Crippen LogP contribution in [0.5, 0.6) is 0 Å². The molecule has 1 aliphatic rings. The second-order valence-corrected chi connectivity index (χ2v) is 5.56. The van der Waals surface area contributed by atoms with Crippen molar-refractivity contribution in [1.82, 2.24) is 4.90 Å². The Morgan fingerprint density at radius 3 is 2.82 bits per heavy atom. The van der Waals surface area contributed by atoms with E-state index < -0.39 is 0 Å². The fraction of sp³-hybridized carbons (Fsp3) is 0.462. The summed E-state index contributed by atoms with van der Waals surface area (Å²) in [5.41, 5.74) is 7.60. The molecule has 0 aromatic heterocycles. The van der Waals surface area contributed by atoms with E-state index in [0.29, 0.717) is 18.9 Å². The summed E-state index contributed by atoms with van der Waals surface area (Å²) in [7, 11) is 0. The molecule has 1 unspecified atom stereocenters. The second-order valence-electron chi connectivity index (χ2n) is 4.65. The van der Waals surface area contributed by atoms with Gasteiger partial charge in [-0.15, -0.1) is 0 Å². The maximum absolute atomic E-state index is 11.8. The third-order valence-electron chi connectivity index (χ3n) is 3.23. The van der Waals surface area contributed by atoms with Crippen LogP contribution in [0, 0.1) is 5.92 Å². The molecule has 17 heavy (non-hydrogen) atoms. The third-order valence-corrected chi connectivity index (χ3v) is 3.68. The van der Waals surface area contributed by atoms with Crippen LogP contribution in [0.3, 0.4) is 0 Å². The summed E-state index contributed by atoms with van der Waals surface area (Å²) in [5, 5.41) is 0. The van der Waals surface area contributed by atoms with Crippen molar-refractivity contribution in [3.8, 4) is 0 Å². The molecule has 92 valence electrons. The molecule has 1 aromatic carbocycles. The number of anilines is 1. The lowest BCUT2D eigenvalue weighted by molar-refractivity contribution is -0.128. The minimum absolute atomic E-state index is 0.260. The first kappa shape index (κ1) is 12.4. The van der Waals surface area contributed by atoms with Gasteiger partial charge in [-0.05, 0) is 29.7 Å². The lowest BCUT2D eigenvalue weighted by atomic mass is 10.1. The zero-order chi connectivity index (χ0) is 12.4. The predicted octanol–water partition coefficient (Wildman–Crippen LogP) is 2.79. The minimum Gasteiger partial charge on any atom is -0.399 e. The highest BCUT2D eigenvalue weighted by molar-refractivity contribution is 9.10. The van der Waals surface area contributed by atoms with Crippen LogP contribution in [-0.2, 0) is 11.3 Å². The fourth-order valence-electron chi connectivity index (χ4n) is 2.27. The van der Waals surface area contributed by atoms with Gasteiger partial charge in [0.2, 0.25) is 5.91 Å². The predicted molar refractivity (Wildman–Crippen MR) is 72.4 cm³/mol. The number of nitrogens with zero attached hydrogens (tertiary/aromatic N) is 1. The molecule has 1 saturated heterocycles. The van der Waals surface area contributed by atoms with E-state index in [2.05, 4.69) is 22.9 Å². The van der Waals surface area contributed by atoms with Crippen LogP contribution in [0.1, 0.15) is 25.3 Å². The van der Waals surface area contributed by atoms with Gasteiger partial charge >= 0.3 is 0 Å². The van der Waals surface area contributed by atoms with Crippen LogP contribution >= 0.6 is 15.9 Å². The molecule has 2 rings (SSSR count). The largest absolute Gasteiger partial charge is 0.399 e. The first-order valence-electron chi connectivity index (χ1n) is 5.91. The highest BCUT2D eigenvalue weighted by atomic mass is 79.9. The molecule has 0 saturated carbocycles. The van der Waals surface area contributed by atoms with Crippen molar-refractivity contribution in [2.45, 2.75) is 26.3 Å². The molecule has 4 heteroatoms. The normalized spacial score (nSPS) is 20.0. The molecule has 0 spiro atoms. The molecule has 1 aliphatic heterocycles. The standard InChI is InChI=1S/C13H17BrN2O/c1-2-9-5-13(17)16(7-9)8-10-3-11(14)6-12(15)4-10/h3-4,6,9H,2,5,7-8,15H2,1H3. The van der Waals surface area contributed by atoms with Gasteiger partial charge < -0.3 is 10.6 Å². The van der Waals surface area contributed by atoms with Crippen molar-refractivity contribution < 1.29 is 4.79 Å². The van der Waals surface area contributed by atoms with Crippen LogP contribution in [0.25, 0.3) is 0 Å². The van der Waals surface area contributed by atoms with Crippen molar-refractivity contribution in [2.75, 3.05) is 12.3 Å². The summed E-state index contributed by atoms with van der Waals surface area (Å²) in [6, 6.07) is 5.81. The van der Waals surface area contributed by atoms with Crippen LogP contribution in [-0.4, -0.2) is 17.4 Å². The summed E-state index contributed by atoms with van der Waals surface area (Å²) in [5.74, 6) is 0.780. The van der Waals surface area contributed by atoms with Gasteiger partial charge in [0.05, 0.1) is 0 Å². The topological polar surface area (TPSA) is 46.3 Å². The monoisotopic (exact) mass is 296 g/mol. The average molecular weight is 297 g/mol. The Hall–Kier alpha value is -1.03. The first-order chi connectivity index (χ1) is 8.08. The van der Waals surface area contributed by atoms with E-state index in [-0.39, 0.29) is 5.91 Å². The number of nitrogen functional groups attached to an aromatic ring is 1. The first-order valence-corrected chi connectivity index (χ1v) is 6.70. The SMILES string of the molecule is CCC1CC(=O)N(Cc2cc(N)cc(Br)c2)C1. The lowest BCUT2D eigenvalue weighted by Crippen LogP contribution is -2.24. The Kier molecular flexibility index (Phi) is 3.72. The van der Waals surface area contributed by atoms with E-state index in [1.165, 1.54) is 0 Å². The van der Waals surface area contributed by atoms with Gasteiger partial charge in [-0.2, -0.15) is 0 Å². The number of benzene rings is 1. The molecule has 1 amide bonds. The molecule has 3 nitrogen and oxygen atoms in total. The van der Waals surface area contributed by atoms with Crippen molar-refractivity contribution in [1.29, 1.82) is 0 Å². The van der Waals surface area contributed by atoms with Gasteiger partial charge in [0.1, 0.15) is 0 Å². The van der Waals surface area contributed by atoms with E-state index in [9.17, 15) is 4.79 Å². The van der Waals surface area contributed by atoms with Crippen LogP contribution in [0.2, 0.25) is 0 Å². The van der Waals surface area contributed by atoms with E-state index in [1.54, 1.807) is 0 Å². The van der Waals surface area contributed by atoms with Crippen molar-refractivity contribution in [3.63, 3.8) is 0 Å². The van der Waals surface area contributed by atoms with E-state index in [1.807, 2.05) is 23.1 Å². The number of likely N-dealkylation sites (tertiary alicyclic amines) is 1. The summed E-state index contributed by atoms with van der Waals surface area (Å²) < 4.78 is 0.964. The summed E-state index contributed by atoms with van der Waals surface area (Å²) in [4.78, 5) is 13.7. The van der Waals surface area contributed by atoms with Gasteiger partial charge in [0.15, 0.2) is 0 Å². The van der Waals surface area contributed by atoms with Crippen molar-refractivity contribution >= 4 is 27.5 Å². The number of hydrogen-bond acceptors (Lipinski definition) is 2. The molecule has 0 radical (unpaired) electrons. The highest BCUT2D eigenvalue weighted by Crippen LogP contribution is 2.24. The zero-order valence-corrected chi connectivity index (χ0v) is 11.5. The zero-order valence-electron chi connectivity index (χ0n) is 9.95. The Morgan fingerprint density at radius 2 is 2.24 bits per heavy atom. The fourth-order valence-corrected chi connectivity index (χ4v) is 2.83. The van der Waals surface area contributed by atoms with Crippen LogP contribution in [0.4, 0.5) is 5.69 Å². The van der Waals surface area contributed by atoms with E-state index in [4.69, 9.17) is 5.73 Å². The van der Waals surface area contributed by atoms with Crippen LogP contribution < -0.4 is 5.73 Å². The lowest BCUT2D eigenvalue weighted by Gasteiger charge is -2.17. The highest BCUT2D eigenvalue weighted by Gasteiger charge is 2.28. The smallest absolute Gasteiger partial charge is 0.223 e. The summed E-state index contributed by atoms with van der Waals surface area (Å²) >= 11 is 3.42. The van der Waals surface area contributed by atoms with Crippen molar-refractivity contribution in [3.05, 3.63) is 28.2 Å². The van der Waals surface area contributed by atoms with Crippen LogP contribution in [0.15, 0.2) is 22.7 Å². The molecule has 1 aromatic rings. The third kappa shape index (κ3) is 3.00. The quantitative estimate of drug-likeness (QED) is 0.872. The average Bonchev–Trinajstić information content (AvgIpc) is 2.58. The molecule has 0 aliphatic carbocycles. The van der Waals surface area contributed by atoms with Gasteiger partial charge in [0.25, 0.3) is 0 Å². The molecule has 1 heterocycles. The minimum atomic E-state index is 0.260.